The molecule has 0 fully saturated rings. The van der Waals surface area contributed by atoms with E-state index in [9.17, 15) is 14.4 Å². The highest BCUT2D eigenvalue weighted by Crippen LogP contribution is 2.27. The van der Waals surface area contributed by atoms with Crippen molar-refractivity contribution >= 4 is 66.5 Å². The van der Waals surface area contributed by atoms with Gasteiger partial charge in [-0.3, -0.25) is 14.4 Å². The zero-order chi connectivity index (χ0) is 27.1. The molecule has 194 valence electrons. The number of carbonyl (C=O) groups excluding carboxylic acids is 2. The molecule has 11 heteroatoms. The minimum atomic E-state index is -0.431. The number of nitrogens with one attached hydrogen (secondary N) is 3. The number of aliphatic hydroxyl groups excluding tert-OH is 1. The molecule has 0 saturated carbocycles. The number of nitrogens with two attached hydrogens (primary N) is 1. The summed E-state index contributed by atoms with van der Waals surface area (Å²) in [6.45, 7) is 0.559. The molecule has 6 N–H and O–H groups in total. The van der Waals surface area contributed by atoms with Gasteiger partial charge in [0, 0.05) is 41.2 Å². The minimum Gasteiger partial charge on any atom is -0.395 e. The fraction of sp³-hybridized carbons (Fsp3) is 0.143. The third kappa shape index (κ3) is 4.19. The topological polar surface area (TPSA) is 176 Å². The number of hydrogen-bond acceptors (Lipinski definition) is 8. The van der Waals surface area contributed by atoms with Gasteiger partial charge >= 0.3 is 0 Å². The number of carbonyl (C=O) groups is 2. The van der Waals surface area contributed by atoms with Gasteiger partial charge in [0.1, 0.15) is 17.0 Å². The van der Waals surface area contributed by atoms with E-state index >= 15 is 0 Å². The molecule has 2 amide bonds. The first-order valence-electron chi connectivity index (χ1n) is 12.4. The zero-order valence-corrected chi connectivity index (χ0v) is 20.6. The molecule has 0 aliphatic rings. The second-order valence-electron chi connectivity index (χ2n) is 9.02. The van der Waals surface area contributed by atoms with Crippen LogP contribution < -0.4 is 21.8 Å². The fourth-order valence-corrected chi connectivity index (χ4v) is 4.64. The monoisotopic (exact) mass is 521 g/mol. The van der Waals surface area contributed by atoms with E-state index < -0.39 is 5.91 Å². The molecule has 4 aromatic heterocycles. The maximum atomic E-state index is 13.6. The molecule has 6 rings (SSSR count). The van der Waals surface area contributed by atoms with Gasteiger partial charge in [0.25, 0.3) is 11.8 Å². The van der Waals surface area contributed by atoms with Crippen molar-refractivity contribution in [3.05, 3.63) is 76.2 Å². The average Bonchev–Trinajstić information content (AvgIpc) is 2.97. The van der Waals surface area contributed by atoms with Crippen LogP contribution in [0.25, 0.3) is 54.6 Å². The molecule has 39 heavy (non-hydrogen) atoms. The molecular formula is C28H23N7O4. The highest BCUT2D eigenvalue weighted by molar-refractivity contribution is 6.11. The Morgan fingerprint density at radius 2 is 1.36 bits per heavy atom. The first kappa shape index (κ1) is 24.3. The average molecular weight is 522 g/mol. The molecule has 0 spiro atoms. The summed E-state index contributed by atoms with van der Waals surface area (Å²) in [6, 6.07) is 15.8. The van der Waals surface area contributed by atoms with E-state index in [1.165, 1.54) is 0 Å². The molecular weight excluding hydrogens is 498 g/mol. The van der Waals surface area contributed by atoms with Crippen LogP contribution in [-0.4, -0.2) is 63.1 Å². The van der Waals surface area contributed by atoms with Crippen LogP contribution in [0.1, 0.15) is 21.0 Å². The van der Waals surface area contributed by atoms with Crippen molar-refractivity contribution in [3.8, 4) is 0 Å². The molecule has 11 nitrogen and oxygen atoms in total. The van der Waals surface area contributed by atoms with Crippen LogP contribution in [0.2, 0.25) is 0 Å². The van der Waals surface area contributed by atoms with Crippen molar-refractivity contribution in [2.24, 2.45) is 5.73 Å². The van der Waals surface area contributed by atoms with E-state index in [1.807, 2.05) is 12.1 Å². The van der Waals surface area contributed by atoms with Crippen molar-refractivity contribution < 1.29 is 14.7 Å². The molecule has 0 atom stereocenters. The number of H-pyrrole nitrogens is 1. The predicted octanol–water partition coefficient (Wildman–Crippen LogP) is 1.74. The largest absolute Gasteiger partial charge is 0.395 e. The van der Waals surface area contributed by atoms with Gasteiger partial charge in [0.2, 0.25) is 0 Å². The molecule has 0 radical (unpaired) electrons. The SMILES string of the molecule is NCCNC(=O)c1ccc2ccc3cc4c(=O)c5ccc6ccc(C(=O)NCCO)nc6c5[nH]c4nc3c2n1. The molecule has 0 bridgehead atoms. The highest BCUT2D eigenvalue weighted by Gasteiger charge is 2.16. The lowest BCUT2D eigenvalue weighted by Gasteiger charge is -2.10. The van der Waals surface area contributed by atoms with Crippen LogP contribution >= 0.6 is 0 Å². The second kappa shape index (κ2) is 9.71. The van der Waals surface area contributed by atoms with Gasteiger partial charge in [-0.2, -0.15) is 0 Å². The Morgan fingerprint density at radius 3 is 2.08 bits per heavy atom. The Balaban J connectivity index is 1.59. The number of benzene rings is 2. The number of aromatic amines is 1. The quantitative estimate of drug-likeness (QED) is 0.163. The summed E-state index contributed by atoms with van der Waals surface area (Å²) in [5, 5.41) is 17.3. The Labute approximate surface area is 220 Å². The minimum absolute atomic E-state index is 0.102. The summed E-state index contributed by atoms with van der Waals surface area (Å²) < 4.78 is 0. The highest BCUT2D eigenvalue weighted by atomic mass is 16.3. The maximum Gasteiger partial charge on any atom is 0.269 e. The lowest BCUT2D eigenvalue weighted by atomic mass is 10.1. The first-order chi connectivity index (χ1) is 19.0. The van der Waals surface area contributed by atoms with Gasteiger partial charge in [0.15, 0.2) is 5.43 Å². The van der Waals surface area contributed by atoms with Gasteiger partial charge in [-0.1, -0.05) is 30.3 Å². The summed E-state index contributed by atoms with van der Waals surface area (Å²) in [7, 11) is 0. The lowest BCUT2D eigenvalue weighted by Crippen LogP contribution is -2.29. The van der Waals surface area contributed by atoms with Gasteiger partial charge < -0.3 is 26.5 Å². The van der Waals surface area contributed by atoms with Crippen molar-refractivity contribution in [2.75, 3.05) is 26.2 Å². The first-order valence-corrected chi connectivity index (χ1v) is 12.4. The van der Waals surface area contributed by atoms with E-state index in [4.69, 9.17) is 15.8 Å². The fourth-order valence-electron chi connectivity index (χ4n) is 4.64. The molecule has 0 saturated heterocycles. The summed E-state index contributed by atoms with van der Waals surface area (Å²) in [6.07, 6.45) is 0. The number of aliphatic hydroxyl groups is 1. The normalized spacial score (nSPS) is 11.5. The molecule has 6 aromatic rings. The van der Waals surface area contributed by atoms with Crippen LogP contribution in [0, 0.1) is 0 Å². The van der Waals surface area contributed by atoms with Crippen LogP contribution in [0.4, 0.5) is 0 Å². The third-order valence-electron chi connectivity index (χ3n) is 6.53. The van der Waals surface area contributed by atoms with E-state index in [2.05, 4.69) is 25.6 Å². The Hall–Kier alpha value is -5.00. The van der Waals surface area contributed by atoms with E-state index in [1.54, 1.807) is 42.5 Å². The van der Waals surface area contributed by atoms with Crippen molar-refractivity contribution in [3.63, 3.8) is 0 Å². The number of amides is 2. The summed E-state index contributed by atoms with van der Waals surface area (Å²) in [5.74, 6) is -0.769. The summed E-state index contributed by atoms with van der Waals surface area (Å²) in [5.41, 5.74) is 7.94. The van der Waals surface area contributed by atoms with E-state index in [0.29, 0.717) is 57.0 Å². The van der Waals surface area contributed by atoms with Gasteiger partial charge in [-0.15, -0.1) is 0 Å². The number of rotatable bonds is 6. The Morgan fingerprint density at radius 1 is 0.769 bits per heavy atom. The van der Waals surface area contributed by atoms with E-state index in [-0.39, 0.29) is 35.9 Å². The lowest BCUT2D eigenvalue weighted by molar-refractivity contribution is 0.0936. The van der Waals surface area contributed by atoms with Crippen molar-refractivity contribution in [1.82, 2.24) is 30.6 Å². The number of nitrogens with zero attached hydrogens (tertiary/aromatic N) is 3. The Kier molecular flexibility index (Phi) is 6.06. The van der Waals surface area contributed by atoms with Gasteiger partial charge in [-0.25, -0.2) is 15.0 Å². The Bertz CT molecular complexity index is 2010. The molecule has 0 aliphatic heterocycles. The van der Waals surface area contributed by atoms with Crippen LogP contribution in [0.5, 0.6) is 0 Å². The molecule has 2 aromatic carbocycles. The standard InChI is InChI=1S/C28H23N7O4/c29-9-10-30-27(38)19-7-4-14-1-2-16-13-18-25(37)17-6-3-15-5-8-20(28(39)31-11-12-36)33-22(15)24(17)35-26(18)34-23(16)21(14)32-19/h1-8,13,36H,9-12,29H2,(H,30,38)(H,31,39)(H,34,35,37). The van der Waals surface area contributed by atoms with E-state index in [0.717, 1.165) is 10.8 Å². The summed E-state index contributed by atoms with van der Waals surface area (Å²) in [4.78, 5) is 55.6. The van der Waals surface area contributed by atoms with Crippen LogP contribution in [0.15, 0.2) is 59.4 Å². The number of pyridine rings is 4. The maximum absolute atomic E-state index is 13.6. The van der Waals surface area contributed by atoms with Crippen molar-refractivity contribution in [2.45, 2.75) is 0 Å². The number of aromatic nitrogens is 4. The van der Waals surface area contributed by atoms with Crippen LogP contribution in [-0.2, 0) is 0 Å². The molecule has 0 unspecified atom stereocenters. The van der Waals surface area contributed by atoms with Crippen LogP contribution in [0.3, 0.4) is 0 Å². The number of fused-ring (bicyclic) bond motifs is 7. The predicted molar refractivity (Wildman–Crippen MR) is 149 cm³/mol. The second-order valence-corrected chi connectivity index (χ2v) is 9.02. The van der Waals surface area contributed by atoms with Gasteiger partial charge in [-0.05, 0) is 24.3 Å². The number of hydrogen-bond donors (Lipinski definition) is 5. The molecule has 4 heterocycles. The molecule has 0 aliphatic carbocycles. The third-order valence-corrected chi connectivity index (χ3v) is 6.53. The zero-order valence-electron chi connectivity index (χ0n) is 20.6. The smallest absolute Gasteiger partial charge is 0.269 e. The van der Waals surface area contributed by atoms with Crippen molar-refractivity contribution in [1.29, 1.82) is 0 Å². The summed E-state index contributed by atoms with van der Waals surface area (Å²) >= 11 is 0. The van der Waals surface area contributed by atoms with Gasteiger partial charge in [0.05, 0.1) is 34.1 Å².